The van der Waals surface area contributed by atoms with Gasteiger partial charge in [0.1, 0.15) is 24.4 Å². The van der Waals surface area contributed by atoms with E-state index in [0.717, 1.165) is 12.7 Å². The number of carbonyl (C=O) groups excluding carboxylic acids is 1. The molecule has 0 aliphatic heterocycles. The molecule has 2 rings (SSSR count). The van der Waals surface area contributed by atoms with Crippen LogP contribution in [-0.4, -0.2) is 27.7 Å². The molecule has 6 heteroatoms. The number of carbonyl (C=O) groups is 1. The average molecular weight is 275 g/mol. The predicted octanol–water partition coefficient (Wildman–Crippen LogP) is 2.00. The molecule has 1 aromatic carbocycles. The summed E-state index contributed by atoms with van der Waals surface area (Å²) >= 11 is 0. The van der Waals surface area contributed by atoms with Crippen LogP contribution in [0.25, 0.3) is 0 Å². The first-order valence-electron chi connectivity index (χ1n) is 6.42. The van der Waals surface area contributed by atoms with Crippen LogP contribution in [0.1, 0.15) is 29.5 Å². The fraction of sp³-hybridized carbons (Fsp3) is 0.357. The van der Waals surface area contributed by atoms with Crippen LogP contribution in [0.3, 0.4) is 0 Å². The summed E-state index contributed by atoms with van der Waals surface area (Å²) in [5.74, 6) is 1.85. The van der Waals surface area contributed by atoms with E-state index in [1.54, 1.807) is 29.1 Å². The Bertz CT molecular complexity index is 581. The van der Waals surface area contributed by atoms with Crippen LogP contribution >= 0.6 is 0 Å². The van der Waals surface area contributed by atoms with Crippen LogP contribution < -0.4 is 9.47 Å². The lowest BCUT2D eigenvalue weighted by molar-refractivity contribution is 0.111. The lowest BCUT2D eigenvalue weighted by Crippen LogP contribution is -2.05. The van der Waals surface area contributed by atoms with Crippen molar-refractivity contribution < 1.29 is 14.3 Å². The van der Waals surface area contributed by atoms with E-state index >= 15 is 0 Å². The number of benzene rings is 1. The Kier molecular flexibility index (Phi) is 4.70. The molecule has 0 N–H and O–H groups in total. The smallest absolute Gasteiger partial charge is 0.170 e. The van der Waals surface area contributed by atoms with Crippen LogP contribution in [0, 0.1) is 0 Å². The Balaban J connectivity index is 2.11. The number of aryl methyl sites for hydroxylation is 1. The summed E-state index contributed by atoms with van der Waals surface area (Å²) in [5, 5.41) is 7.70. The van der Waals surface area contributed by atoms with Gasteiger partial charge in [-0.25, -0.2) is 0 Å². The number of hydrogen-bond acceptors (Lipinski definition) is 5. The number of aldehydes is 1. The summed E-state index contributed by atoms with van der Waals surface area (Å²) in [6.07, 6.45) is 3.28. The van der Waals surface area contributed by atoms with Crippen LogP contribution in [0.15, 0.2) is 24.5 Å². The lowest BCUT2D eigenvalue weighted by Gasteiger charge is -2.10. The minimum atomic E-state index is 0.245. The third-order valence-electron chi connectivity index (χ3n) is 2.75. The molecule has 0 saturated carbocycles. The Morgan fingerprint density at radius 1 is 1.35 bits per heavy atom. The first-order valence-corrected chi connectivity index (χ1v) is 6.42. The number of hydrogen-bond donors (Lipinski definition) is 0. The van der Waals surface area contributed by atoms with Gasteiger partial charge in [-0.05, 0) is 18.6 Å². The highest BCUT2D eigenvalue weighted by molar-refractivity contribution is 5.79. The fourth-order valence-electron chi connectivity index (χ4n) is 1.63. The molecule has 1 heterocycles. The molecule has 0 fully saturated rings. The van der Waals surface area contributed by atoms with Gasteiger partial charge in [0.2, 0.25) is 0 Å². The molecule has 106 valence electrons. The molecule has 0 atom stereocenters. The second-order valence-corrected chi connectivity index (χ2v) is 4.31. The van der Waals surface area contributed by atoms with E-state index in [2.05, 4.69) is 10.2 Å². The van der Waals surface area contributed by atoms with E-state index in [0.29, 0.717) is 29.5 Å². The molecule has 0 aliphatic carbocycles. The monoisotopic (exact) mass is 275 g/mol. The highest BCUT2D eigenvalue weighted by Crippen LogP contribution is 2.24. The summed E-state index contributed by atoms with van der Waals surface area (Å²) < 4.78 is 12.9. The van der Waals surface area contributed by atoms with Crippen molar-refractivity contribution in [3.05, 3.63) is 35.9 Å². The SMILES string of the molecule is CCCOc1ccc(C=O)c(OCc2nncn2C)c1. The molecule has 0 bridgehead atoms. The van der Waals surface area contributed by atoms with Gasteiger partial charge >= 0.3 is 0 Å². The summed E-state index contributed by atoms with van der Waals surface area (Å²) in [6.45, 7) is 2.91. The molecule has 2 aromatic rings. The van der Waals surface area contributed by atoms with Gasteiger partial charge in [-0.15, -0.1) is 10.2 Å². The van der Waals surface area contributed by atoms with Gasteiger partial charge in [0.15, 0.2) is 12.1 Å². The van der Waals surface area contributed by atoms with Crippen molar-refractivity contribution in [2.45, 2.75) is 20.0 Å². The number of ether oxygens (including phenoxy) is 2. The fourth-order valence-corrected chi connectivity index (χ4v) is 1.63. The zero-order chi connectivity index (χ0) is 14.4. The van der Waals surface area contributed by atoms with Gasteiger partial charge in [0, 0.05) is 13.1 Å². The summed E-state index contributed by atoms with van der Waals surface area (Å²) in [7, 11) is 1.83. The summed E-state index contributed by atoms with van der Waals surface area (Å²) in [5.41, 5.74) is 0.482. The molecule has 0 unspecified atom stereocenters. The molecule has 0 radical (unpaired) electrons. The van der Waals surface area contributed by atoms with Crippen molar-refractivity contribution in [1.29, 1.82) is 0 Å². The van der Waals surface area contributed by atoms with E-state index in [4.69, 9.17) is 9.47 Å². The third-order valence-corrected chi connectivity index (χ3v) is 2.75. The zero-order valence-electron chi connectivity index (χ0n) is 11.6. The van der Waals surface area contributed by atoms with E-state index in [1.165, 1.54) is 0 Å². The molecular weight excluding hydrogens is 258 g/mol. The van der Waals surface area contributed by atoms with Crippen LogP contribution in [-0.2, 0) is 13.7 Å². The van der Waals surface area contributed by atoms with E-state index < -0.39 is 0 Å². The Morgan fingerprint density at radius 2 is 2.20 bits per heavy atom. The number of nitrogens with zero attached hydrogens (tertiary/aromatic N) is 3. The van der Waals surface area contributed by atoms with E-state index in [9.17, 15) is 4.79 Å². The average Bonchev–Trinajstić information content (AvgIpc) is 2.88. The first kappa shape index (κ1) is 14.0. The van der Waals surface area contributed by atoms with Crippen molar-refractivity contribution in [2.24, 2.45) is 7.05 Å². The minimum Gasteiger partial charge on any atom is -0.493 e. The quantitative estimate of drug-likeness (QED) is 0.723. The summed E-state index contributed by atoms with van der Waals surface area (Å²) in [4.78, 5) is 11.0. The first-order chi connectivity index (χ1) is 9.74. The van der Waals surface area contributed by atoms with Crippen molar-refractivity contribution in [1.82, 2.24) is 14.8 Å². The molecule has 0 aliphatic rings. The highest BCUT2D eigenvalue weighted by atomic mass is 16.5. The summed E-state index contributed by atoms with van der Waals surface area (Å²) in [6, 6.07) is 5.16. The standard InChI is InChI=1S/C14H17N3O3/c1-3-6-19-12-5-4-11(8-18)13(7-12)20-9-14-16-15-10-17(14)2/h4-5,7-8,10H,3,6,9H2,1-2H3. The zero-order valence-corrected chi connectivity index (χ0v) is 11.6. The van der Waals surface area contributed by atoms with Crippen LogP contribution in [0.4, 0.5) is 0 Å². The van der Waals surface area contributed by atoms with Gasteiger partial charge in [0.05, 0.1) is 12.2 Å². The minimum absolute atomic E-state index is 0.245. The topological polar surface area (TPSA) is 66.2 Å². The van der Waals surface area contributed by atoms with Crippen LogP contribution in [0.5, 0.6) is 11.5 Å². The van der Waals surface area contributed by atoms with Gasteiger partial charge in [0.25, 0.3) is 0 Å². The van der Waals surface area contributed by atoms with Crippen molar-refractivity contribution in [2.75, 3.05) is 6.61 Å². The molecule has 20 heavy (non-hydrogen) atoms. The molecule has 0 amide bonds. The molecular formula is C14H17N3O3. The van der Waals surface area contributed by atoms with Gasteiger partial charge in [-0.1, -0.05) is 6.92 Å². The Hall–Kier alpha value is -2.37. The highest BCUT2D eigenvalue weighted by Gasteiger charge is 2.08. The maximum absolute atomic E-state index is 11.0. The van der Waals surface area contributed by atoms with Gasteiger partial charge in [-0.2, -0.15) is 0 Å². The van der Waals surface area contributed by atoms with Crippen molar-refractivity contribution in [3.8, 4) is 11.5 Å². The predicted molar refractivity (Wildman–Crippen MR) is 73.0 cm³/mol. The molecule has 0 saturated heterocycles. The van der Waals surface area contributed by atoms with Crippen molar-refractivity contribution in [3.63, 3.8) is 0 Å². The van der Waals surface area contributed by atoms with Crippen LogP contribution in [0.2, 0.25) is 0 Å². The second kappa shape index (κ2) is 6.70. The van der Waals surface area contributed by atoms with E-state index in [1.807, 2.05) is 14.0 Å². The second-order valence-electron chi connectivity index (χ2n) is 4.31. The maximum atomic E-state index is 11.0. The molecule has 1 aromatic heterocycles. The van der Waals surface area contributed by atoms with Gasteiger partial charge < -0.3 is 14.0 Å². The van der Waals surface area contributed by atoms with Gasteiger partial charge in [-0.3, -0.25) is 4.79 Å². The number of rotatable bonds is 7. The Morgan fingerprint density at radius 3 is 2.85 bits per heavy atom. The third kappa shape index (κ3) is 3.34. The van der Waals surface area contributed by atoms with Crippen molar-refractivity contribution >= 4 is 6.29 Å². The molecule has 6 nitrogen and oxygen atoms in total. The largest absolute Gasteiger partial charge is 0.493 e. The maximum Gasteiger partial charge on any atom is 0.170 e. The normalized spacial score (nSPS) is 10.3. The number of aromatic nitrogens is 3. The Labute approximate surface area is 117 Å². The lowest BCUT2D eigenvalue weighted by atomic mass is 10.2. The molecule has 0 spiro atoms. The van der Waals surface area contributed by atoms with E-state index in [-0.39, 0.29) is 6.61 Å².